The summed E-state index contributed by atoms with van der Waals surface area (Å²) in [6.07, 6.45) is 17.9. The van der Waals surface area contributed by atoms with Gasteiger partial charge in [0.15, 0.2) is 0 Å². The lowest BCUT2D eigenvalue weighted by molar-refractivity contribution is 0.220. The average Bonchev–Trinajstić information content (AvgIpc) is 3.68. The van der Waals surface area contributed by atoms with Crippen molar-refractivity contribution < 1.29 is 4.74 Å². The number of rotatable bonds is 7. The third-order valence-corrected chi connectivity index (χ3v) is 7.93. The molecule has 7 nitrogen and oxygen atoms in total. The molecule has 0 aliphatic carbocycles. The van der Waals surface area contributed by atoms with Crippen LogP contribution >= 0.6 is 0 Å². The van der Waals surface area contributed by atoms with Crippen LogP contribution < -0.4 is 5.73 Å². The minimum Gasteiger partial charge on any atom is -0.500 e. The lowest BCUT2D eigenvalue weighted by atomic mass is 9.80. The first-order chi connectivity index (χ1) is 19.0. The van der Waals surface area contributed by atoms with Gasteiger partial charge in [0.2, 0.25) is 0 Å². The molecule has 7 heteroatoms. The normalized spacial score (nSPS) is 20.3. The number of allylic oxidation sites excluding steroid dienone is 3. The SMILES string of the molecule is CC=C/C=C(\c1cc(-c2n[nH]c3ccc(-c4cncc(CN5CCCCC5)c4)cc23)[nH]c1N)C1(C)C=COC1. The van der Waals surface area contributed by atoms with Crippen LogP contribution in [0.25, 0.3) is 39.0 Å². The summed E-state index contributed by atoms with van der Waals surface area (Å²) >= 11 is 0. The van der Waals surface area contributed by atoms with Crippen LogP contribution in [-0.2, 0) is 11.3 Å². The van der Waals surface area contributed by atoms with Gasteiger partial charge in [-0.05, 0) is 86.8 Å². The molecule has 0 spiro atoms. The highest BCUT2D eigenvalue weighted by Crippen LogP contribution is 2.43. The van der Waals surface area contributed by atoms with E-state index in [9.17, 15) is 0 Å². The van der Waals surface area contributed by atoms with Gasteiger partial charge in [0.05, 0.1) is 17.5 Å². The number of piperidine rings is 1. The number of benzene rings is 1. The molecule has 4 aromatic rings. The molecular formula is C32H36N6O. The molecule has 1 fully saturated rings. The lowest BCUT2D eigenvalue weighted by Crippen LogP contribution is -2.29. The maximum Gasteiger partial charge on any atom is 0.116 e. The van der Waals surface area contributed by atoms with E-state index in [0.29, 0.717) is 12.4 Å². The smallest absolute Gasteiger partial charge is 0.116 e. The minimum absolute atomic E-state index is 0.264. The van der Waals surface area contributed by atoms with Gasteiger partial charge in [0.25, 0.3) is 0 Å². The molecular weight excluding hydrogens is 484 g/mol. The number of anilines is 1. The van der Waals surface area contributed by atoms with Gasteiger partial charge in [-0.1, -0.05) is 30.7 Å². The average molecular weight is 521 g/mol. The molecule has 6 rings (SSSR count). The molecule has 0 saturated carbocycles. The molecule has 3 aromatic heterocycles. The fraction of sp³-hybridized carbons (Fsp3) is 0.312. The summed E-state index contributed by atoms with van der Waals surface area (Å²) in [5.74, 6) is 0.615. The van der Waals surface area contributed by atoms with Crippen molar-refractivity contribution >= 4 is 22.3 Å². The van der Waals surface area contributed by atoms with E-state index in [-0.39, 0.29) is 5.41 Å². The first-order valence-corrected chi connectivity index (χ1v) is 13.8. The van der Waals surface area contributed by atoms with Crippen molar-refractivity contribution in [1.29, 1.82) is 0 Å². The van der Waals surface area contributed by atoms with Gasteiger partial charge in [0.1, 0.15) is 18.1 Å². The van der Waals surface area contributed by atoms with E-state index in [1.54, 1.807) is 6.26 Å². The fourth-order valence-corrected chi connectivity index (χ4v) is 5.74. The highest BCUT2D eigenvalue weighted by Gasteiger charge is 2.33. The summed E-state index contributed by atoms with van der Waals surface area (Å²) in [6, 6.07) is 10.8. The Hall–Kier alpha value is -4.10. The zero-order valence-corrected chi connectivity index (χ0v) is 22.7. The quantitative estimate of drug-likeness (QED) is 0.236. The second kappa shape index (κ2) is 10.6. The summed E-state index contributed by atoms with van der Waals surface area (Å²) < 4.78 is 5.60. The van der Waals surface area contributed by atoms with Gasteiger partial charge in [-0.25, -0.2) is 0 Å². The lowest BCUT2D eigenvalue weighted by Gasteiger charge is -2.26. The molecule has 1 atom stereocenters. The topological polar surface area (TPSA) is 95.9 Å². The van der Waals surface area contributed by atoms with E-state index in [1.165, 1.54) is 37.9 Å². The second-order valence-corrected chi connectivity index (χ2v) is 10.9. The summed E-state index contributed by atoms with van der Waals surface area (Å²) in [5, 5.41) is 8.91. The maximum absolute atomic E-state index is 6.57. The van der Waals surface area contributed by atoms with Crippen molar-refractivity contribution in [2.45, 2.75) is 39.7 Å². The van der Waals surface area contributed by atoms with Gasteiger partial charge in [-0.15, -0.1) is 0 Å². The summed E-state index contributed by atoms with van der Waals surface area (Å²) in [6.45, 7) is 8.05. The van der Waals surface area contributed by atoms with E-state index < -0.39 is 0 Å². The maximum atomic E-state index is 6.57. The number of nitrogens with one attached hydrogen (secondary N) is 2. The van der Waals surface area contributed by atoms with Crippen LogP contribution in [0.15, 0.2) is 73.3 Å². The molecule has 5 heterocycles. The second-order valence-electron chi connectivity index (χ2n) is 10.9. The zero-order valence-electron chi connectivity index (χ0n) is 22.7. The number of likely N-dealkylation sites (tertiary alicyclic amines) is 1. The molecule has 200 valence electrons. The number of aromatic nitrogens is 4. The Labute approximate surface area is 229 Å². The Kier molecular flexibility index (Phi) is 6.83. The first-order valence-electron chi connectivity index (χ1n) is 13.8. The van der Waals surface area contributed by atoms with Crippen LogP contribution in [0.4, 0.5) is 5.82 Å². The van der Waals surface area contributed by atoms with Crippen LogP contribution in [0.5, 0.6) is 0 Å². The molecule has 0 amide bonds. The first kappa shape index (κ1) is 25.2. The molecule has 2 aliphatic rings. The number of ether oxygens (including phenoxy) is 1. The van der Waals surface area contributed by atoms with E-state index >= 15 is 0 Å². The number of H-pyrrole nitrogens is 2. The Balaban J connectivity index is 1.34. The van der Waals surface area contributed by atoms with Crippen LogP contribution in [0.3, 0.4) is 0 Å². The van der Waals surface area contributed by atoms with Crippen LogP contribution in [0, 0.1) is 5.41 Å². The fourth-order valence-electron chi connectivity index (χ4n) is 5.74. The standard InChI is InChI=1S/C32H36N6O/c1-3-4-8-27(32(2)11-14-39-21-32)25-17-29(35-31(25)33)30-26-16-23(9-10-28(26)36-37-30)24-15-22(18-34-19-24)20-38-12-6-5-7-13-38/h3-4,8-11,14-19,35H,5-7,12-13,20-21,33H2,1-2H3,(H,36,37)/b4-3?,27-8+. The number of nitrogens with zero attached hydrogens (tertiary/aromatic N) is 3. The molecule has 2 aliphatic heterocycles. The van der Waals surface area contributed by atoms with E-state index in [4.69, 9.17) is 10.5 Å². The Bertz CT molecular complexity index is 1570. The van der Waals surface area contributed by atoms with E-state index in [0.717, 1.165) is 51.1 Å². The highest BCUT2D eigenvalue weighted by atomic mass is 16.5. The van der Waals surface area contributed by atoms with Crippen molar-refractivity contribution in [2.75, 3.05) is 25.4 Å². The third kappa shape index (κ3) is 5.02. The van der Waals surface area contributed by atoms with Crippen LogP contribution in [0.1, 0.15) is 44.2 Å². The Morgan fingerprint density at radius 3 is 2.79 bits per heavy atom. The van der Waals surface area contributed by atoms with Crippen molar-refractivity contribution in [3.05, 3.63) is 84.4 Å². The monoisotopic (exact) mass is 520 g/mol. The number of fused-ring (bicyclic) bond motifs is 1. The summed E-state index contributed by atoms with van der Waals surface area (Å²) in [5.41, 5.74) is 14.5. The predicted molar refractivity (Wildman–Crippen MR) is 159 cm³/mol. The predicted octanol–water partition coefficient (Wildman–Crippen LogP) is 6.70. The van der Waals surface area contributed by atoms with Crippen molar-refractivity contribution in [3.63, 3.8) is 0 Å². The number of hydrogen-bond acceptors (Lipinski definition) is 5. The molecule has 0 radical (unpaired) electrons. The van der Waals surface area contributed by atoms with Crippen LogP contribution in [0.2, 0.25) is 0 Å². The molecule has 39 heavy (non-hydrogen) atoms. The minimum atomic E-state index is -0.264. The highest BCUT2D eigenvalue weighted by molar-refractivity contribution is 5.96. The molecule has 1 saturated heterocycles. The summed E-state index contributed by atoms with van der Waals surface area (Å²) in [4.78, 5) is 10.5. The van der Waals surface area contributed by atoms with Crippen LogP contribution in [-0.4, -0.2) is 44.8 Å². The number of hydrogen-bond donors (Lipinski definition) is 3. The van der Waals surface area contributed by atoms with Crippen molar-refractivity contribution in [3.8, 4) is 22.5 Å². The largest absolute Gasteiger partial charge is 0.500 e. The van der Waals surface area contributed by atoms with Crippen molar-refractivity contribution in [2.24, 2.45) is 5.41 Å². The van der Waals surface area contributed by atoms with Gasteiger partial charge in [-0.2, -0.15) is 5.10 Å². The Morgan fingerprint density at radius 1 is 1.13 bits per heavy atom. The molecule has 4 N–H and O–H groups in total. The van der Waals surface area contributed by atoms with Crippen molar-refractivity contribution in [1.82, 2.24) is 25.1 Å². The van der Waals surface area contributed by atoms with Gasteiger partial charge in [0, 0.05) is 40.9 Å². The Morgan fingerprint density at radius 2 is 2.00 bits per heavy atom. The van der Waals surface area contributed by atoms with Gasteiger partial charge < -0.3 is 15.5 Å². The number of nitrogens with two attached hydrogens (primary N) is 1. The number of nitrogen functional groups attached to an aromatic ring is 1. The number of aromatic amines is 2. The summed E-state index contributed by atoms with van der Waals surface area (Å²) in [7, 11) is 0. The van der Waals surface area contributed by atoms with Gasteiger partial charge >= 0.3 is 0 Å². The van der Waals surface area contributed by atoms with Gasteiger partial charge in [-0.3, -0.25) is 15.0 Å². The number of pyridine rings is 1. The molecule has 1 aromatic carbocycles. The third-order valence-electron chi connectivity index (χ3n) is 7.93. The van der Waals surface area contributed by atoms with E-state index in [2.05, 4.69) is 74.5 Å². The molecule has 0 bridgehead atoms. The van der Waals surface area contributed by atoms with E-state index in [1.807, 2.05) is 31.5 Å². The molecule has 1 unspecified atom stereocenters. The zero-order chi connectivity index (χ0) is 26.8.